The fourth-order valence-corrected chi connectivity index (χ4v) is 3.56. The van der Waals surface area contributed by atoms with Crippen molar-refractivity contribution in [3.63, 3.8) is 0 Å². The van der Waals surface area contributed by atoms with Crippen molar-refractivity contribution in [2.45, 2.75) is 6.92 Å². The Morgan fingerprint density at radius 1 is 0.966 bits per heavy atom. The molecule has 0 aliphatic rings. The van der Waals surface area contributed by atoms with Gasteiger partial charge in [-0.05, 0) is 24.6 Å². The van der Waals surface area contributed by atoms with Crippen molar-refractivity contribution in [1.82, 2.24) is 0 Å². The Morgan fingerprint density at radius 2 is 1.66 bits per heavy atom. The molecule has 10 heteroatoms. The second-order valence-corrected chi connectivity index (χ2v) is 6.81. The molecule has 3 aromatic rings. The normalized spacial score (nSPS) is 10.8. The number of aromatic hydroxyl groups is 1. The van der Waals surface area contributed by atoms with Crippen LogP contribution in [-0.4, -0.2) is 22.1 Å². The van der Waals surface area contributed by atoms with Crippen LogP contribution in [-0.2, 0) is 0 Å². The average Bonchev–Trinajstić information content (AvgIpc) is 3.07. The molecule has 3 rings (SSSR count). The molecule has 1 amide bonds. The van der Waals surface area contributed by atoms with Gasteiger partial charge in [0.1, 0.15) is 10.6 Å². The third-order valence-corrected chi connectivity index (χ3v) is 5.01. The van der Waals surface area contributed by atoms with Crippen LogP contribution in [0.3, 0.4) is 0 Å². The van der Waals surface area contributed by atoms with Gasteiger partial charge in [-0.25, -0.2) is 18.0 Å². The van der Waals surface area contributed by atoms with Crippen molar-refractivity contribution >= 4 is 28.2 Å². The van der Waals surface area contributed by atoms with E-state index in [4.69, 9.17) is 0 Å². The highest BCUT2D eigenvalue weighted by Crippen LogP contribution is 2.38. The number of aryl methyl sites for hydroxylation is 1. The molecule has 2 aromatic carbocycles. The maximum atomic E-state index is 14.3. The molecule has 1 aromatic heterocycles. The highest BCUT2D eigenvalue weighted by molar-refractivity contribution is 7.15. The lowest BCUT2D eigenvalue weighted by Gasteiger charge is -2.09. The monoisotopic (exact) mass is 425 g/mol. The summed E-state index contributed by atoms with van der Waals surface area (Å²) in [6, 6.07) is 3.91. The number of aromatic carboxylic acids is 1. The number of phenolic OH excluding ortho intramolecular Hbond substituents is 1. The number of carbonyl (C=O) groups excluding carboxylic acids is 1. The predicted octanol–water partition coefficient (Wildman–Crippen LogP) is 4.94. The van der Waals surface area contributed by atoms with Gasteiger partial charge >= 0.3 is 5.97 Å². The number of anilines is 1. The Balaban J connectivity index is 2.05. The Kier molecular flexibility index (Phi) is 5.29. The van der Waals surface area contributed by atoms with Gasteiger partial charge in [0.2, 0.25) is 5.82 Å². The minimum absolute atomic E-state index is 0.0284. The van der Waals surface area contributed by atoms with Crippen LogP contribution in [0.2, 0.25) is 0 Å². The number of thiophene rings is 1. The Bertz CT molecular complexity index is 1160. The fraction of sp³-hybridized carbons (Fsp3) is 0.0526. The Morgan fingerprint density at radius 3 is 2.31 bits per heavy atom. The molecule has 0 aliphatic carbocycles. The van der Waals surface area contributed by atoms with Crippen LogP contribution in [0, 0.1) is 30.2 Å². The standard InChI is InChI=1S/C19H11F4NO4S/c1-7-2-3-8(14(22)13(7)21)10-6-29-18(12(10)19(27)28)24-17(26)9-4-5-11(20)15(23)16(9)25/h2-6,25H,1H3,(H,24,26)(H,27,28). The second kappa shape index (κ2) is 7.55. The molecule has 150 valence electrons. The van der Waals surface area contributed by atoms with Crippen LogP contribution in [0.4, 0.5) is 22.6 Å². The minimum Gasteiger partial charge on any atom is -0.504 e. The van der Waals surface area contributed by atoms with Gasteiger partial charge in [0, 0.05) is 16.5 Å². The van der Waals surface area contributed by atoms with Crippen molar-refractivity contribution in [2.75, 3.05) is 5.32 Å². The first-order valence-electron chi connectivity index (χ1n) is 7.91. The van der Waals surface area contributed by atoms with E-state index in [0.29, 0.717) is 17.4 Å². The number of amides is 1. The van der Waals surface area contributed by atoms with Gasteiger partial charge < -0.3 is 15.5 Å². The molecule has 0 spiro atoms. The number of carboxylic acids is 1. The first-order valence-corrected chi connectivity index (χ1v) is 8.79. The van der Waals surface area contributed by atoms with E-state index in [-0.39, 0.29) is 21.7 Å². The van der Waals surface area contributed by atoms with Crippen molar-refractivity contribution in [1.29, 1.82) is 0 Å². The summed E-state index contributed by atoms with van der Waals surface area (Å²) in [5.74, 6) is -9.30. The number of rotatable bonds is 4. The number of hydrogen-bond donors (Lipinski definition) is 3. The zero-order chi connectivity index (χ0) is 21.5. The third-order valence-electron chi connectivity index (χ3n) is 4.11. The van der Waals surface area contributed by atoms with Gasteiger partial charge in [-0.3, -0.25) is 4.79 Å². The van der Waals surface area contributed by atoms with E-state index in [1.54, 1.807) is 0 Å². The topological polar surface area (TPSA) is 86.6 Å². The molecule has 0 radical (unpaired) electrons. The number of carboxylic acid groups (broad SMARTS) is 1. The predicted molar refractivity (Wildman–Crippen MR) is 97.3 cm³/mol. The van der Waals surface area contributed by atoms with E-state index in [1.807, 2.05) is 0 Å². The lowest BCUT2D eigenvalue weighted by atomic mass is 10.0. The van der Waals surface area contributed by atoms with Crippen LogP contribution >= 0.6 is 11.3 Å². The van der Waals surface area contributed by atoms with Gasteiger partial charge in [-0.2, -0.15) is 4.39 Å². The quantitative estimate of drug-likeness (QED) is 0.517. The summed E-state index contributed by atoms with van der Waals surface area (Å²) >= 11 is 0.703. The zero-order valence-electron chi connectivity index (χ0n) is 14.5. The molecule has 1 heterocycles. The molecule has 0 atom stereocenters. The van der Waals surface area contributed by atoms with E-state index in [0.717, 1.165) is 6.07 Å². The summed E-state index contributed by atoms with van der Waals surface area (Å²) < 4.78 is 54.7. The maximum absolute atomic E-state index is 14.3. The van der Waals surface area contributed by atoms with E-state index in [9.17, 15) is 37.4 Å². The molecule has 0 unspecified atom stereocenters. The average molecular weight is 425 g/mol. The van der Waals surface area contributed by atoms with E-state index in [2.05, 4.69) is 5.32 Å². The Hall–Kier alpha value is -3.40. The van der Waals surface area contributed by atoms with Crippen LogP contribution < -0.4 is 5.32 Å². The van der Waals surface area contributed by atoms with Crippen molar-refractivity contribution in [2.24, 2.45) is 0 Å². The molecule has 0 fully saturated rings. The summed E-state index contributed by atoms with van der Waals surface area (Å²) in [5, 5.41) is 22.2. The van der Waals surface area contributed by atoms with Crippen LogP contribution in [0.1, 0.15) is 26.3 Å². The van der Waals surface area contributed by atoms with Gasteiger partial charge in [0.15, 0.2) is 23.2 Å². The number of halogens is 4. The van der Waals surface area contributed by atoms with Crippen LogP contribution in [0.25, 0.3) is 11.1 Å². The second-order valence-electron chi connectivity index (χ2n) is 5.93. The molecule has 3 N–H and O–H groups in total. The lowest BCUT2D eigenvalue weighted by molar-refractivity contribution is 0.0699. The van der Waals surface area contributed by atoms with Crippen LogP contribution in [0.15, 0.2) is 29.6 Å². The largest absolute Gasteiger partial charge is 0.504 e. The highest BCUT2D eigenvalue weighted by Gasteiger charge is 2.26. The fourth-order valence-electron chi connectivity index (χ4n) is 2.61. The molecular weight excluding hydrogens is 414 g/mol. The first kappa shape index (κ1) is 20.3. The molecule has 29 heavy (non-hydrogen) atoms. The van der Waals surface area contributed by atoms with Gasteiger partial charge in [0.25, 0.3) is 5.91 Å². The first-order chi connectivity index (χ1) is 13.6. The zero-order valence-corrected chi connectivity index (χ0v) is 15.3. The van der Waals surface area contributed by atoms with Crippen molar-refractivity contribution in [3.8, 4) is 16.9 Å². The van der Waals surface area contributed by atoms with E-state index in [1.165, 1.54) is 24.4 Å². The number of benzene rings is 2. The van der Waals surface area contributed by atoms with Gasteiger partial charge in [-0.1, -0.05) is 12.1 Å². The van der Waals surface area contributed by atoms with Crippen molar-refractivity contribution in [3.05, 3.63) is 69.6 Å². The molecular formula is C19H11F4NO4S. The minimum atomic E-state index is -1.64. The summed E-state index contributed by atoms with van der Waals surface area (Å²) in [6.07, 6.45) is 0. The van der Waals surface area contributed by atoms with Gasteiger partial charge in [0.05, 0.1) is 5.56 Å². The molecule has 0 saturated heterocycles. The molecule has 5 nitrogen and oxygen atoms in total. The molecule has 0 bridgehead atoms. The number of hydrogen-bond acceptors (Lipinski definition) is 4. The van der Waals surface area contributed by atoms with E-state index >= 15 is 0 Å². The molecule has 0 aliphatic heterocycles. The lowest BCUT2D eigenvalue weighted by Crippen LogP contribution is -2.14. The maximum Gasteiger partial charge on any atom is 0.339 e. The number of nitrogens with one attached hydrogen (secondary N) is 1. The summed E-state index contributed by atoms with van der Waals surface area (Å²) in [5.41, 5.74) is -1.63. The van der Waals surface area contributed by atoms with Crippen molar-refractivity contribution < 1.29 is 37.4 Å². The Labute approximate surface area is 164 Å². The summed E-state index contributed by atoms with van der Waals surface area (Å²) in [4.78, 5) is 24.0. The smallest absolute Gasteiger partial charge is 0.339 e. The summed E-state index contributed by atoms with van der Waals surface area (Å²) in [7, 11) is 0. The SMILES string of the molecule is Cc1ccc(-c2csc(NC(=O)c3ccc(F)c(F)c3O)c2C(=O)O)c(F)c1F. The number of phenols is 1. The summed E-state index contributed by atoms with van der Waals surface area (Å²) in [6.45, 7) is 1.34. The third kappa shape index (κ3) is 3.54. The van der Waals surface area contributed by atoms with E-state index < -0.39 is 52.0 Å². The highest BCUT2D eigenvalue weighted by atomic mass is 32.1. The van der Waals surface area contributed by atoms with Gasteiger partial charge in [-0.15, -0.1) is 11.3 Å². The molecule has 0 saturated carbocycles. The number of carbonyl (C=O) groups is 2. The van der Waals surface area contributed by atoms with Crippen LogP contribution in [0.5, 0.6) is 5.75 Å².